The summed E-state index contributed by atoms with van der Waals surface area (Å²) >= 11 is 0. The predicted octanol–water partition coefficient (Wildman–Crippen LogP) is 5.73. The van der Waals surface area contributed by atoms with Crippen LogP contribution in [0.3, 0.4) is 0 Å². The maximum atomic E-state index is 14.1. The van der Waals surface area contributed by atoms with E-state index in [4.69, 9.17) is 9.47 Å². The molecule has 5 atom stereocenters. The minimum absolute atomic E-state index is 0.0113. The molecule has 2 aromatic carbocycles. The Hall–Kier alpha value is -4.17. The minimum Gasteiger partial charge on any atom is -0.508 e. The van der Waals surface area contributed by atoms with Gasteiger partial charge in [-0.2, -0.15) is 0 Å². The van der Waals surface area contributed by atoms with E-state index >= 15 is 0 Å². The molecule has 2 bridgehead atoms. The predicted molar refractivity (Wildman–Crippen MR) is 195 cm³/mol. The van der Waals surface area contributed by atoms with E-state index in [1.54, 1.807) is 26.0 Å². The summed E-state index contributed by atoms with van der Waals surface area (Å²) in [4.78, 5) is 38.9. The van der Waals surface area contributed by atoms with E-state index in [1.807, 2.05) is 18.2 Å². The van der Waals surface area contributed by atoms with Crippen LogP contribution < -0.4 is 10.1 Å². The molecule has 10 nitrogen and oxygen atoms in total. The van der Waals surface area contributed by atoms with E-state index in [1.165, 1.54) is 12.5 Å². The molecular formula is C42H51NO9. The fourth-order valence-electron chi connectivity index (χ4n) is 8.30. The zero-order valence-corrected chi connectivity index (χ0v) is 30.2. The lowest BCUT2D eigenvalue weighted by molar-refractivity contribution is -0.169. The van der Waals surface area contributed by atoms with Crippen LogP contribution in [0.25, 0.3) is 0 Å². The number of esters is 2. The largest absolute Gasteiger partial charge is 0.508 e. The number of benzene rings is 2. The van der Waals surface area contributed by atoms with Crippen LogP contribution in [0.1, 0.15) is 119 Å². The molecule has 0 spiro atoms. The van der Waals surface area contributed by atoms with Gasteiger partial charge in [-0.1, -0.05) is 43.2 Å². The number of carbonyl (C=O) groups is 3. The van der Waals surface area contributed by atoms with E-state index in [0.717, 1.165) is 31.2 Å². The van der Waals surface area contributed by atoms with Gasteiger partial charge in [-0.3, -0.25) is 9.59 Å². The Kier molecular flexibility index (Phi) is 11.7. The molecule has 2 aliphatic heterocycles. The lowest BCUT2D eigenvalue weighted by Crippen LogP contribution is -2.50. The number of phenols is 1. The Morgan fingerprint density at radius 2 is 1.69 bits per heavy atom. The van der Waals surface area contributed by atoms with Crippen molar-refractivity contribution in [1.82, 2.24) is 0 Å². The Morgan fingerprint density at radius 3 is 2.40 bits per heavy atom. The minimum atomic E-state index is -1.53. The molecular weight excluding hydrogens is 662 g/mol. The maximum Gasteiger partial charge on any atom is 0.334 e. The summed E-state index contributed by atoms with van der Waals surface area (Å²) in [6, 6.07) is 8.69. The number of phenolic OH excluding ortho intramolecular Hbond substituents is 1. The van der Waals surface area contributed by atoms with Gasteiger partial charge >= 0.3 is 11.9 Å². The fraction of sp³-hybridized carbons (Fsp3) is 0.548. The third kappa shape index (κ3) is 8.54. The number of nitrogens with one attached hydrogen (secondary N) is 1. The van der Waals surface area contributed by atoms with E-state index in [2.05, 4.69) is 17.2 Å². The number of rotatable bonds is 8. The molecule has 0 aromatic heterocycles. The smallest absolute Gasteiger partial charge is 0.334 e. The number of cyclic esters (lactones) is 1. The molecule has 5 N–H and O–H groups in total. The summed E-state index contributed by atoms with van der Waals surface area (Å²) in [5, 5.41) is 47.7. The number of aliphatic hydroxyl groups excluding tert-OH is 2. The number of Topliss-reactive ketones (excluding diaryl/α,β-unsaturated/α-hetero) is 1. The molecule has 0 amide bonds. The Bertz CT molecular complexity index is 1750. The zero-order valence-electron chi connectivity index (χ0n) is 30.2. The first kappa shape index (κ1) is 37.6. The molecule has 0 saturated heterocycles. The Balaban J connectivity index is 1.38. The lowest BCUT2D eigenvalue weighted by Gasteiger charge is -2.40. The standard InChI is InChI=1S/C42H51NO9/c1-3-26-17-28(30-15-25(24-44)16-33(18-30)43-23-37(47)27-7-5-4-6-8-27)9-10-29-21-40(48)51-38-22-36(46)31(19-35(29)38)20-39(52-41(26)49)42(2,50)32-11-13-34(45)14-12-32/h3,15-16,18-19,22,27-29,32,37,39,43-44,46-47,50H,4-8,11-14,17,20-21,23-24H2,1-2H3. The SMILES string of the molecule is CC=C1CC(c2cc(CO)cc(NCC(O)C3CCCCC3)c2)C#CC2CC(=O)Oc3cc(O)c(cc32)CC(C(C)(O)C2CCC(=O)CC2)OC1=O. The molecule has 2 aliphatic carbocycles. The van der Waals surface area contributed by atoms with Crippen molar-refractivity contribution in [3.8, 4) is 23.3 Å². The van der Waals surface area contributed by atoms with Crippen molar-refractivity contribution >= 4 is 23.4 Å². The average molecular weight is 714 g/mol. The molecule has 278 valence electrons. The number of ketones is 1. The lowest BCUT2D eigenvalue weighted by atomic mass is 9.73. The molecule has 2 aromatic rings. The number of aromatic hydroxyl groups is 1. The first-order valence-electron chi connectivity index (χ1n) is 18.8. The van der Waals surface area contributed by atoms with E-state index in [0.29, 0.717) is 60.2 Å². The van der Waals surface area contributed by atoms with Crippen LogP contribution in [0.4, 0.5) is 5.69 Å². The number of hydrogen-bond acceptors (Lipinski definition) is 10. The third-order valence-corrected chi connectivity index (χ3v) is 11.6. The van der Waals surface area contributed by atoms with Gasteiger partial charge in [0.25, 0.3) is 0 Å². The molecule has 0 radical (unpaired) electrons. The number of anilines is 1. The number of ether oxygens (including phenoxy) is 2. The first-order chi connectivity index (χ1) is 24.9. The van der Waals surface area contributed by atoms with Crippen LogP contribution in [0.5, 0.6) is 11.5 Å². The summed E-state index contributed by atoms with van der Waals surface area (Å²) < 4.78 is 11.7. The molecule has 5 unspecified atom stereocenters. The van der Waals surface area contributed by atoms with Gasteiger partial charge in [-0.15, -0.1) is 0 Å². The Labute approximate surface area is 305 Å². The van der Waals surface area contributed by atoms with Gasteiger partial charge in [0.1, 0.15) is 29.0 Å². The quantitative estimate of drug-likeness (QED) is 0.0989. The van der Waals surface area contributed by atoms with Gasteiger partial charge in [0.05, 0.1) is 25.0 Å². The van der Waals surface area contributed by atoms with Gasteiger partial charge in [-0.05, 0) is 92.7 Å². The molecule has 2 fully saturated rings. The van der Waals surface area contributed by atoms with Crippen LogP contribution in [-0.2, 0) is 32.1 Å². The zero-order chi connectivity index (χ0) is 37.0. The summed E-state index contributed by atoms with van der Waals surface area (Å²) in [7, 11) is 0. The van der Waals surface area contributed by atoms with E-state index in [9.17, 15) is 34.8 Å². The van der Waals surface area contributed by atoms with Crippen molar-refractivity contribution in [3.05, 3.63) is 64.2 Å². The number of allylic oxidation sites excluding steroid dienone is 1. The highest BCUT2D eigenvalue weighted by Gasteiger charge is 2.44. The number of aliphatic hydroxyl groups is 3. The van der Waals surface area contributed by atoms with E-state index < -0.39 is 41.6 Å². The van der Waals surface area contributed by atoms with Gasteiger partial charge in [-0.25, -0.2) is 4.79 Å². The van der Waals surface area contributed by atoms with Gasteiger partial charge in [0.15, 0.2) is 0 Å². The van der Waals surface area contributed by atoms with E-state index in [-0.39, 0.29) is 55.0 Å². The molecule has 4 aliphatic rings. The summed E-state index contributed by atoms with van der Waals surface area (Å²) in [5.74, 6) is 4.49. The van der Waals surface area contributed by atoms with Crippen molar-refractivity contribution in [3.63, 3.8) is 0 Å². The van der Waals surface area contributed by atoms with Crippen molar-refractivity contribution < 1.29 is 44.3 Å². The third-order valence-electron chi connectivity index (χ3n) is 11.6. The highest BCUT2D eigenvalue weighted by Crippen LogP contribution is 2.42. The number of hydrogen-bond donors (Lipinski definition) is 5. The fourth-order valence-corrected chi connectivity index (χ4v) is 8.30. The van der Waals surface area contributed by atoms with Crippen LogP contribution in [-0.4, -0.2) is 62.5 Å². The van der Waals surface area contributed by atoms with Crippen LogP contribution in [0.15, 0.2) is 42.0 Å². The van der Waals surface area contributed by atoms with Crippen LogP contribution >= 0.6 is 0 Å². The van der Waals surface area contributed by atoms with Crippen molar-refractivity contribution in [2.24, 2.45) is 11.8 Å². The highest BCUT2D eigenvalue weighted by molar-refractivity contribution is 5.89. The summed E-state index contributed by atoms with van der Waals surface area (Å²) in [5.41, 5.74) is 1.89. The van der Waals surface area contributed by atoms with Gasteiger partial charge in [0, 0.05) is 54.6 Å². The van der Waals surface area contributed by atoms with Crippen molar-refractivity contribution in [2.45, 2.75) is 127 Å². The average Bonchev–Trinajstić information content (AvgIpc) is 3.14. The Morgan fingerprint density at radius 1 is 0.962 bits per heavy atom. The second-order valence-corrected chi connectivity index (χ2v) is 15.2. The monoisotopic (exact) mass is 713 g/mol. The van der Waals surface area contributed by atoms with Gasteiger partial charge in [0.2, 0.25) is 0 Å². The number of fused-ring (bicyclic) bond motifs is 1. The second-order valence-electron chi connectivity index (χ2n) is 15.2. The van der Waals surface area contributed by atoms with Crippen molar-refractivity contribution in [1.29, 1.82) is 0 Å². The van der Waals surface area contributed by atoms with Crippen LogP contribution in [0.2, 0.25) is 0 Å². The first-order valence-corrected chi connectivity index (χ1v) is 18.8. The molecule has 2 heterocycles. The second kappa shape index (κ2) is 16.2. The van der Waals surface area contributed by atoms with Gasteiger partial charge < -0.3 is 35.2 Å². The maximum absolute atomic E-state index is 14.1. The molecule has 10 heteroatoms. The highest BCUT2D eigenvalue weighted by atomic mass is 16.6. The molecule has 2 saturated carbocycles. The molecule has 6 rings (SSSR count). The van der Waals surface area contributed by atoms with Crippen molar-refractivity contribution in [2.75, 3.05) is 11.9 Å². The topological polar surface area (TPSA) is 163 Å². The molecule has 52 heavy (non-hydrogen) atoms. The summed E-state index contributed by atoms with van der Waals surface area (Å²) in [6.07, 6.45) is 7.21. The normalized spacial score (nSPS) is 25.7. The summed E-state index contributed by atoms with van der Waals surface area (Å²) in [6.45, 7) is 3.49. The number of carbonyl (C=O) groups excluding carboxylic acids is 3. The van der Waals surface area contributed by atoms with Crippen LogP contribution in [0, 0.1) is 23.7 Å².